The minimum Gasteiger partial charge on any atom is -0.198 e. The molecular weight excluding hydrogens is 364 g/mol. The number of nitriles is 2. The second kappa shape index (κ2) is 11.0. The summed E-state index contributed by atoms with van der Waals surface area (Å²) in [6.45, 7) is 4.58. The molecule has 3 fully saturated rings. The summed E-state index contributed by atoms with van der Waals surface area (Å²) in [7, 11) is 0. The molecule has 2 heteroatoms. The Labute approximate surface area is 186 Å². The lowest BCUT2D eigenvalue weighted by molar-refractivity contribution is 0.0272. The van der Waals surface area contributed by atoms with Gasteiger partial charge in [0.25, 0.3) is 0 Å². The molecule has 0 N–H and O–H groups in total. The van der Waals surface area contributed by atoms with Crippen molar-refractivity contribution in [2.75, 3.05) is 0 Å². The van der Waals surface area contributed by atoms with E-state index < -0.39 is 0 Å². The third-order valence-electron chi connectivity index (χ3n) is 9.67. The minimum atomic E-state index is -0.131. The molecule has 0 aromatic rings. The molecule has 3 rings (SSSR count). The number of nitrogens with zero attached hydrogens (tertiary/aromatic N) is 2. The topological polar surface area (TPSA) is 47.6 Å². The van der Waals surface area contributed by atoms with Gasteiger partial charge in [-0.2, -0.15) is 10.5 Å². The first-order valence-corrected chi connectivity index (χ1v) is 13.4. The second-order valence-corrected chi connectivity index (χ2v) is 11.3. The quantitative estimate of drug-likeness (QED) is 0.402. The summed E-state index contributed by atoms with van der Waals surface area (Å²) >= 11 is 0. The first-order valence-electron chi connectivity index (χ1n) is 13.4. The van der Waals surface area contributed by atoms with Gasteiger partial charge in [0.2, 0.25) is 0 Å². The number of hydrogen-bond acceptors (Lipinski definition) is 2. The second-order valence-electron chi connectivity index (χ2n) is 11.3. The van der Waals surface area contributed by atoms with Crippen LogP contribution in [0.4, 0.5) is 0 Å². The average Bonchev–Trinajstić information content (AvgIpc) is 2.82. The molecular formula is C28H46N2. The van der Waals surface area contributed by atoms with Crippen molar-refractivity contribution in [3.05, 3.63) is 0 Å². The highest BCUT2D eigenvalue weighted by Crippen LogP contribution is 2.57. The van der Waals surface area contributed by atoms with E-state index in [9.17, 15) is 10.5 Å². The normalized spacial score (nSPS) is 39.7. The lowest BCUT2D eigenvalue weighted by atomic mass is 9.53. The van der Waals surface area contributed by atoms with Crippen molar-refractivity contribution < 1.29 is 0 Å². The van der Waals surface area contributed by atoms with Crippen LogP contribution in [-0.4, -0.2) is 0 Å². The van der Waals surface area contributed by atoms with Crippen LogP contribution in [0.5, 0.6) is 0 Å². The summed E-state index contributed by atoms with van der Waals surface area (Å²) < 4.78 is 0. The highest BCUT2D eigenvalue weighted by atomic mass is 14.6. The number of unbranched alkanes of at least 4 members (excludes halogenated alkanes) is 2. The molecule has 3 saturated carbocycles. The van der Waals surface area contributed by atoms with E-state index in [0.717, 1.165) is 37.5 Å². The van der Waals surface area contributed by atoms with Crippen molar-refractivity contribution in [3.8, 4) is 12.1 Å². The Bertz CT molecular complexity index is 531. The summed E-state index contributed by atoms with van der Waals surface area (Å²) in [4.78, 5) is 0. The molecule has 3 aliphatic rings. The van der Waals surface area contributed by atoms with Gasteiger partial charge in [0.15, 0.2) is 0 Å². The lowest BCUT2D eigenvalue weighted by Crippen LogP contribution is -2.43. The zero-order valence-electron chi connectivity index (χ0n) is 19.9. The molecule has 0 unspecified atom stereocenters. The Balaban J connectivity index is 1.55. The van der Waals surface area contributed by atoms with E-state index >= 15 is 0 Å². The molecule has 0 spiro atoms. The smallest absolute Gasteiger partial charge is 0.0692 e. The van der Waals surface area contributed by atoms with Crippen molar-refractivity contribution in [1.29, 1.82) is 10.5 Å². The maximum absolute atomic E-state index is 10.2. The van der Waals surface area contributed by atoms with E-state index in [1.807, 2.05) is 0 Å². The average molecular weight is 411 g/mol. The van der Waals surface area contributed by atoms with Crippen LogP contribution >= 0.6 is 0 Å². The Kier molecular flexibility index (Phi) is 8.69. The van der Waals surface area contributed by atoms with E-state index in [0.29, 0.717) is 11.8 Å². The van der Waals surface area contributed by atoms with E-state index in [1.54, 1.807) is 0 Å². The summed E-state index contributed by atoms with van der Waals surface area (Å²) in [6, 6.07) is 5.66. The first-order chi connectivity index (χ1) is 14.6. The third-order valence-corrected chi connectivity index (χ3v) is 9.67. The van der Waals surface area contributed by atoms with E-state index in [4.69, 9.17) is 0 Å². The molecule has 2 nitrogen and oxygen atoms in total. The predicted molar refractivity (Wildman–Crippen MR) is 125 cm³/mol. The standard InChI is InChI=1S/C28H46N2/c1-3-5-7-23-9-13-25(14-10-23)27(21-29)17-19-28(22-30,20-18-27)26-15-11-24(12-16-26)8-6-4-2/h23-26H,3-20H2,1-2H3/t23?,24?,25?,26?,27-,28-. The molecule has 0 amide bonds. The Hall–Kier alpha value is -1.02. The Morgan fingerprint density at radius 2 is 0.933 bits per heavy atom. The molecule has 0 atom stereocenters. The molecule has 0 radical (unpaired) electrons. The van der Waals surface area contributed by atoms with Crippen molar-refractivity contribution in [3.63, 3.8) is 0 Å². The molecule has 30 heavy (non-hydrogen) atoms. The molecule has 3 aliphatic carbocycles. The largest absolute Gasteiger partial charge is 0.198 e. The third kappa shape index (κ3) is 5.23. The van der Waals surface area contributed by atoms with Crippen molar-refractivity contribution in [2.24, 2.45) is 34.5 Å². The van der Waals surface area contributed by atoms with E-state index in [-0.39, 0.29) is 10.8 Å². The van der Waals surface area contributed by atoms with Gasteiger partial charge in [-0.15, -0.1) is 0 Å². The van der Waals surface area contributed by atoms with Crippen LogP contribution in [0.3, 0.4) is 0 Å². The fourth-order valence-corrected chi connectivity index (χ4v) is 7.36. The van der Waals surface area contributed by atoms with E-state index in [1.165, 1.54) is 89.9 Å². The molecule has 0 aliphatic heterocycles. The summed E-state index contributed by atoms with van der Waals surface area (Å²) in [5, 5.41) is 20.5. The molecule has 0 saturated heterocycles. The van der Waals surface area contributed by atoms with Crippen LogP contribution in [0.1, 0.15) is 129 Å². The highest BCUT2D eigenvalue weighted by molar-refractivity contribution is 5.14. The SMILES string of the molecule is CCCCC1CCC([C@]2(C#N)CC[C@@](C#N)(C3CCC(CCCC)CC3)CC2)CC1. The summed E-state index contributed by atoms with van der Waals surface area (Å²) in [5.74, 6) is 2.98. The van der Waals surface area contributed by atoms with Gasteiger partial charge in [-0.05, 0) is 75.0 Å². The van der Waals surface area contributed by atoms with E-state index in [2.05, 4.69) is 26.0 Å². The highest BCUT2D eigenvalue weighted by Gasteiger charge is 2.51. The summed E-state index contributed by atoms with van der Waals surface area (Å²) in [6.07, 6.45) is 22.4. The summed E-state index contributed by atoms with van der Waals surface area (Å²) in [5.41, 5.74) is -0.261. The maximum atomic E-state index is 10.2. The first kappa shape index (κ1) is 23.6. The van der Waals surface area contributed by atoms with Crippen LogP contribution in [0.2, 0.25) is 0 Å². The molecule has 0 heterocycles. The van der Waals surface area contributed by atoms with Crippen LogP contribution in [0.15, 0.2) is 0 Å². The molecule has 168 valence electrons. The lowest BCUT2D eigenvalue weighted by Gasteiger charge is -2.49. The fourth-order valence-electron chi connectivity index (χ4n) is 7.36. The molecule has 0 bridgehead atoms. The monoisotopic (exact) mass is 410 g/mol. The number of hydrogen-bond donors (Lipinski definition) is 0. The van der Waals surface area contributed by atoms with Gasteiger partial charge in [0, 0.05) is 0 Å². The molecule has 0 aromatic heterocycles. The van der Waals surface area contributed by atoms with Gasteiger partial charge < -0.3 is 0 Å². The van der Waals surface area contributed by atoms with Crippen molar-refractivity contribution in [1.82, 2.24) is 0 Å². The van der Waals surface area contributed by atoms with Crippen LogP contribution in [-0.2, 0) is 0 Å². The zero-order chi connectivity index (χ0) is 21.5. The van der Waals surface area contributed by atoms with Gasteiger partial charge in [0.05, 0.1) is 23.0 Å². The Morgan fingerprint density at radius 3 is 1.20 bits per heavy atom. The fraction of sp³-hybridized carbons (Fsp3) is 0.929. The predicted octanol–water partition coefficient (Wildman–Crippen LogP) is 8.57. The van der Waals surface area contributed by atoms with Crippen LogP contribution in [0, 0.1) is 57.2 Å². The van der Waals surface area contributed by atoms with Gasteiger partial charge in [-0.1, -0.05) is 78.1 Å². The van der Waals surface area contributed by atoms with Crippen molar-refractivity contribution >= 4 is 0 Å². The number of rotatable bonds is 8. The van der Waals surface area contributed by atoms with Gasteiger partial charge >= 0.3 is 0 Å². The maximum Gasteiger partial charge on any atom is 0.0692 e. The zero-order valence-corrected chi connectivity index (χ0v) is 19.9. The van der Waals surface area contributed by atoms with Gasteiger partial charge in [-0.25, -0.2) is 0 Å². The Morgan fingerprint density at radius 1 is 0.600 bits per heavy atom. The van der Waals surface area contributed by atoms with Gasteiger partial charge in [-0.3, -0.25) is 0 Å². The van der Waals surface area contributed by atoms with Crippen LogP contribution in [0.25, 0.3) is 0 Å². The van der Waals surface area contributed by atoms with Crippen LogP contribution < -0.4 is 0 Å². The van der Waals surface area contributed by atoms with Crippen molar-refractivity contribution in [2.45, 2.75) is 129 Å². The van der Waals surface area contributed by atoms with Gasteiger partial charge in [0.1, 0.15) is 0 Å². The molecule has 0 aromatic carbocycles. The minimum absolute atomic E-state index is 0.131.